The van der Waals surface area contributed by atoms with Crippen LogP contribution >= 0.6 is 0 Å². The fraction of sp³-hybridized carbons (Fsp3) is 0.250. The first-order valence-electron chi connectivity index (χ1n) is 14.8. The molecule has 0 radical (unpaired) electrons. The van der Waals surface area contributed by atoms with Gasteiger partial charge < -0.3 is 20.5 Å². The van der Waals surface area contributed by atoms with Crippen LogP contribution in [0.1, 0.15) is 59.2 Å². The summed E-state index contributed by atoms with van der Waals surface area (Å²) >= 11 is 0. The van der Waals surface area contributed by atoms with E-state index in [0.717, 1.165) is 12.0 Å². The minimum atomic E-state index is -1.04. The van der Waals surface area contributed by atoms with Crippen molar-refractivity contribution in [3.05, 3.63) is 131 Å². The molecule has 7 nitrogen and oxygen atoms in total. The van der Waals surface area contributed by atoms with Crippen LogP contribution in [-0.2, 0) is 16.0 Å². The predicted octanol–water partition coefficient (Wildman–Crippen LogP) is 6.63. The highest BCUT2D eigenvalue weighted by atomic mass is 19.1. The summed E-state index contributed by atoms with van der Waals surface area (Å²) < 4.78 is 20.1. The molecule has 0 heterocycles. The average Bonchev–Trinajstić information content (AvgIpc) is 3.04. The zero-order valence-electron chi connectivity index (χ0n) is 24.7. The third kappa shape index (κ3) is 8.77. The number of hydrogen-bond acceptors (Lipinski definition) is 5. The Bertz CT molecular complexity index is 1540. The number of hydrogen-bond donors (Lipinski definition) is 3. The molecule has 0 aliphatic carbocycles. The van der Waals surface area contributed by atoms with E-state index in [1.54, 1.807) is 91.0 Å². The molecule has 2 atom stereocenters. The van der Waals surface area contributed by atoms with Gasteiger partial charge >= 0.3 is 5.97 Å². The second kappa shape index (κ2) is 16.0. The van der Waals surface area contributed by atoms with Crippen molar-refractivity contribution in [2.45, 2.75) is 44.6 Å². The monoisotopic (exact) mass is 596 g/mol. The number of anilines is 1. The third-order valence-corrected chi connectivity index (χ3v) is 7.26. The average molecular weight is 597 g/mol. The van der Waals surface area contributed by atoms with E-state index in [1.807, 2.05) is 13.0 Å². The van der Waals surface area contributed by atoms with E-state index < -0.39 is 17.9 Å². The summed E-state index contributed by atoms with van der Waals surface area (Å²) in [6, 6.07) is 28.3. The van der Waals surface area contributed by atoms with E-state index in [1.165, 1.54) is 6.07 Å². The van der Waals surface area contributed by atoms with Gasteiger partial charge in [-0.3, -0.25) is 9.59 Å². The van der Waals surface area contributed by atoms with Gasteiger partial charge in [0.1, 0.15) is 17.6 Å². The zero-order valence-corrected chi connectivity index (χ0v) is 24.7. The largest absolute Gasteiger partial charge is 0.494 e. The maximum atomic E-state index is 14.2. The number of ether oxygens (including phenoxy) is 1. The molecule has 2 unspecified atom stereocenters. The number of para-hydroxylation sites is 1. The molecule has 3 N–H and O–H groups in total. The zero-order chi connectivity index (χ0) is 31.3. The van der Waals surface area contributed by atoms with E-state index in [2.05, 4.69) is 10.6 Å². The molecule has 0 bridgehead atoms. The second-order valence-electron chi connectivity index (χ2n) is 10.5. The molecule has 0 aliphatic heterocycles. The minimum absolute atomic E-state index is 0.190. The van der Waals surface area contributed by atoms with Crippen molar-refractivity contribution in [2.24, 2.45) is 0 Å². The maximum absolute atomic E-state index is 14.2. The molecule has 0 spiro atoms. The SMILES string of the molecule is CCCC(C(=O)NCCCOc1ccc(CC(Nc2ccccc2C(=O)c2ccccc2)C(=O)O)cc1)c1ccccc1F. The van der Waals surface area contributed by atoms with Crippen LogP contribution in [0.3, 0.4) is 0 Å². The van der Waals surface area contributed by atoms with Crippen LogP contribution in [0, 0.1) is 5.82 Å². The minimum Gasteiger partial charge on any atom is -0.494 e. The molecule has 0 aliphatic rings. The normalized spacial score (nSPS) is 12.1. The van der Waals surface area contributed by atoms with Gasteiger partial charge in [0.05, 0.1) is 12.5 Å². The van der Waals surface area contributed by atoms with Gasteiger partial charge in [0.15, 0.2) is 5.78 Å². The van der Waals surface area contributed by atoms with Gasteiger partial charge in [-0.05, 0) is 48.7 Å². The topological polar surface area (TPSA) is 105 Å². The van der Waals surface area contributed by atoms with Crippen LogP contribution in [0.15, 0.2) is 103 Å². The Labute approximate surface area is 257 Å². The van der Waals surface area contributed by atoms with Crippen molar-refractivity contribution in [3.63, 3.8) is 0 Å². The molecule has 4 aromatic rings. The molecule has 0 aromatic heterocycles. The molecule has 44 heavy (non-hydrogen) atoms. The molecule has 4 aromatic carbocycles. The second-order valence-corrected chi connectivity index (χ2v) is 10.5. The number of halogens is 1. The lowest BCUT2D eigenvalue weighted by Crippen LogP contribution is -2.32. The number of carbonyl (C=O) groups is 3. The summed E-state index contributed by atoms with van der Waals surface area (Å²) in [5.74, 6) is -1.71. The molecule has 0 fully saturated rings. The predicted molar refractivity (Wildman–Crippen MR) is 169 cm³/mol. The van der Waals surface area contributed by atoms with E-state index in [4.69, 9.17) is 4.74 Å². The Morgan fingerprint density at radius 2 is 1.55 bits per heavy atom. The number of benzene rings is 4. The maximum Gasteiger partial charge on any atom is 0.326 e. The van der Waals surface area contributed by atoms with Crippen molar-refractivity contribution in [1.29, 1.82) is 0 Å². The molecule has 0 saturated heterocycles. The third-order valence-electron chi connectivity index (χ3n) is 7.26. The van der Waals surface area contributed by atoms with Crippen LogP contribution in [0.4, 0.5) is 10.1 Å². The van der Waals surface area contributed by atoms with Gasteiger partial charge in [-0.15, -0.1) is 0 Å². The Balaban J connectivity index is 1.28. The van der Waals surface area contributed by atoms with Crippen molar-refractivity contribution in [1.82, 2.24) is 5.32 Å². The van der Waals surface area contributed by atoms with Crippen LogP contribution in [0.5, 0.6) is 5.75 Å². The molecule has 0 saturated carbocycles. The highest BCUT2D eigenvalue weighted by Gasteiger charge is 2.23. The van der Waals surface area contributed by atoms with Crippen molar-refractivity contribution in [2.75, 3.05) is 18.5 Å². The quantitative estimate of drug-likeness (QED) is 0.0991. The first kappa shape index (κ1) is 31.9. The van der Waals surface area contributed by atoms with Crippen molar-refractivity contribution in [3.8, 4) is 5.75 Å². The van der Waals surface area contributed by atoms with Gasteiger partial charge in [-0.1, -0.05) is 86.1 Å². The standard InChI is InChI=1S/C36H37FN2O5/c1-2-11-29(28-14-6-8-16-31(28)37)35(41)38-22-10-23-44-27-20-18-25(19-21-27)24-33(36(42)43)39-32-17-9-7-15-30(32)34(40)26-12-4-3-5-13-26/h3-9,12-21,29,33,39H,2,10-11,22-24H2,1H3,(H,38,41)(H,42,43). The Kier molecular flexibility index (Phi) is 11.6. The molecule has 1 amide bonds. The van der Waals surface area contributed by atoms with Crippen LogP contribution in [0.25, 0.3) is 0 Å². The number of ketones is 1. The van der Waals surface area contributed by atoms with E-state index >= 15 is 0 Å². The van der Waals surface area contributed by atoms with Crippen molar-refractivity contribution < 1.29 is 28.6 Å². The molecular formula is C36H37FN2O5. The summed E-state index contributed by atoms with van der Waals surface area (Å²) in [5.41, 5.74) is 2.57. The lowest BCUT2D eigenvalue weighted by Gasteiger charge is -2.18. The van der Waals surface area contributed by atoms with Crippen molar-refractivity contribution >= 4 is 23.3 Å². The summed E-state index contributed by atoms with van der Waals surface area (Å²) in [5, 5.41) is 15.9. The van der Waals surface area contributed by atoms with Gasteiger partial charge in [0, 0.05) is 35.3 Å². The van der Waals surface area contributed by atoms with Gasteiger partial charge in [0.25, 0.3) is 0 Å². The van der Waals surface area contributed by atoms with Gasteiger partial charge in [-0.25, -0.2) is 9.18 Å². The number of nitrogens with one attached hydrogen (secondary N) is 2. The summed E-state index contributed by atoms with van der Waals surface area (Å²) in [4.78, 5) is 37.9. The highest BCUT2D eigenvalue weighted by Crippen LogP contribution is 2.25. The summed E-state index contributed by atoms with van der Waals surface area (Å²) in [6.07, 6.45) is 2.08. The Morgan fingerprint density at radius 3 is 2.25 bits per heavy atom. The van der Waals surface area contributed by atoms with Crippen LogP contribution in [0.2, 0.25) is 0 Å². The summed E-state index contributed by atoms with van der Waals surface area (Å²) in [6.45, 7) is 2.72. The number of amides is 1. The Morgan fingerprint density at radius 1 is 0.864 bits per heavy atom. The van der Waals surface area contributed by atoms with E-state index in [9.17, 15) is 23.9 Å². The van der Waals surface area contributed by atoms with E-state index in [0.29, 0.717) is 54.1 Å². The molecule has 4 rings (SSSR count). The fourth-order valence-corrected chi connectivity index (χ4v) is 4.97. The van der Waals surface area contributed by atoms with E-state index in [-0.39, 0.29) is 23.9 Å². The number of carboxylic acid groups (broad SMARTS) is 1. The molecular weight excluding hydrogens is 559 g/mol. The van der Waals surface area contributed by atoms with Gasteiger partial charge in [-0.2, -0.15) is 0 Å². The van der Waals surface area contributed by atoms with Gasteiger partial charge in [0.2, 0.25) is 5.91 Å². The molecule has 228 valence electrons. The Hall–Kier alpha value is -4.98. The molecule has 8 heteroatoms. The first-order chi connectivity index (χ1) is 21.4. The fourth-order valence-electron chi connectivity index (χ4n) is 4.97. The van der Waals surface area contributed by atoms with Crippen LogP contribution in [-0.4, -0.2) is 42.0 Å². The lowest BCUT2D eigenvalue weighted by atomic mass is 9.93. The number of rotatable bonds is 16. The lowest BCUT2D eigenvalue weighted by molar-refractivity contribution is -0.137. The highest BCUT2D eigenvalue weighted by molar-refractivity contribution is 6.12. The number of carboxylic acids is 1. The van der Waals surface area contributed by atoms with Crippen LogP contribution < -0.4 is 15.4 Å². The number of aliphatic carboxylic acids is 1. The summed E-state index contributed by atoms with van der Waals surface area (Å²) in [7, 11) is 0. The smallest absolute Gasteiger partial charge is 0.326 e. The first-order valence-corrected chi connectivity index (χ1v) is 14.8. The number of carbonyl (C=O) groups excluding carboxylic acids is 2.